The highest BCUT2D eigenvalue weighted by atomic mass is 35.5. The molecule has 0 fully saturated rings. The van der Waals surface area contributed by atoms with Gasteiger partial charge in [0, 0.05) is 26.9 Å². The summed E-state index contributed by atoms with van der Waals surface area (Å²) in [6, 6.07) is 12.7. The van der Waals surface area contributed by atoms with Crippen LogP contribution in [0.4, 0.5) is 5.13 Å². The average molecular weight is 410 g/mol. The predicted molar refractivity (Wildman–Crippen MR) is 105 cm³/mol. The molecule has 3 rings (SSSR count). The number of hydrogen-bond acceptors (Lipinski definition) is 5. The predicted octanol–water partition coefficient (Wildman–Crippen LogP) is 5.41. The van der Waals surface area contributed by atoms with Crippen molar-refractivity contribution in [2.75, 3.05) is 11.6 Å². The molecule has 1 N–H and O–H groups in total. The molecular weight excluding hydrogens is 397 g/mol. The summed E-state index contributed by atoms with van der Waals surface area (Å²) in [7, 11) is 0. The molecule has 0 radical (unpaired) electrons. The maximum Gasteiger partial charge on any atom is 0.257 e. The number of hydrogen-bond donors (Lipinski definition) is 1. The first-order valence-corrected chi connectivity index (χ1v) is 10.1. The second-order valence-electron chi connectivity index (χ2n) is 5.06. The summed E-state index contributed by atoms with van der Waals surface area (Å²) in [4.78, 5) is 13.4. The first-order chi connectivity index (χ1) is 12.1. The van der Waals surface area contributed by atoms with Gasteiger partial charge >= 0.3 is 0 Å². The number of rotatable bonds is 5. The Labute approximate surface area is 163 Å². The van der Waals surface area contributed by atoms with Gasteiger partial charge in [0.15, 0.2) is 0 Å². The van der Waals surface area contributed by atoms with Crippen molar-refractivity contribution in [2.45, 2.75) is 11.3 Å². The summed E-state index contributed by atoms with van der Waals surface area (Å²) >= 11 is 15.3. The third-order valence-electron chi connectivity index (χ3n) is 3.43. The summed E-state index contributed by atoms with van der Waals surface area (Å²) in [5.41, 5.74) is 1.37. The molecule has 0 aliphatic rings. The van der Waals surface area contributed by atoms with Gasteiger partial charge in [-0.1, -0.05) is 40.6 Å². The Hall–Kier alpha value is -1.60. The van der Waals surface area contributed by atoms with E-state index in [9.17, 15) is 4.79 Å². The zero-order valence-corrected chi connectivity index (χ0v) is 16.3. The zero-order chi connectivity index (χ0) is 17.8. The summed E-state index contributed by atoms with van der Waals surface area (Å²) in [5, 5.41) is 13.2. The first-order valence-electron chi connectivity index (χ1n) is 7.27. The highest BCUT2D eigenvalue weighted by Crippen LogP contribution is 2.28. The molecule has 0 unspecified atom stereocenters. The van der Waals surface area contributed by atoms with E-state index in [2.05, 4.69) is 15.5 Å². The fourth-order valence-corrected chi connectivity index (χ4v) is 3.83. The molecule has 0 aliphatic carbocycles. The first kappa shape index (κ1) is 18.2. The van der Waals surface area contributed by atoms with Crippen molar-refractivity contribution in [1.29, 1.82) is 0 Å². The fourth-order valence-electron chi connectivity index (χ4n) is 2.14. The van der Waals surface area contributed by atoms with E-state index in [-0.39, 0.29) is 5.91 Å². The van der Waals surface area contributed by atoms with Crippen LogP contribution >= 0.6 is 46.3 Å². The van der Waals surface area contributed by atoms with Crippen LogP contribution in [0.25, 0.3) is 0 Å². The smallest absolute Gasteiger partial charge is 0.257 e. The molecule has 0 saturated carbocycles. The topological polar surface area (TPSA) is 54.9 Å². The molecule has 128 valence electrons. The van der Waals surface area contributed by atoms with Crippen LogP contribution < -0.4 is 5.32 Å². The van der Waals surface area contributed by atoms with E-state index in [1.165, 1.54) is 11.3 Å². The average Bonchev–Trinajstić information content (AvgIpc) is 3.05. The molecule has 3 aromatic rings. The highest BCUT2D eigenvalue weighted by molar-refractivity contribution is 7.98. The minimum absolute atomic E-state index is 0.217. The Balaban J connectivity index is 1.70. The monoisotopic (exact) mass is 409 g/mol. The van der Waals surface area contributed by atoms with E-state index in [0.29, 0.717) is 27.2 Å². The molecular formula is C17H13Cl2N3OS2. The van der Waals surface area contributed by atoms with Crippen LogP contribution in [-0.4, -0.2) is 22.4 Å². The van der Waals surface area contributed by atoms with E-state index in [0.717, 1.165) is 15.5 Å². The standard InChI is InChI=1S/C17H13Cl2N3OS2/c1-24-11-7-5-10(6-8-11)16(23)20-17-22-21-15(25-17)9-12-13(18)3-2-4-14(12)19/h2-8H,9H2,1H3,(H,20,22,23). The van der Waals surface area contributed by atoms with Crippen molar-refractivity contribution in [2.24, 2.45) is 0 Å². The minimum Gasteiger partial charge on any atom is -0.296 e. The lowest BCUT2D eigenvalue weighted by Crippen LogP contribution is -2.11. The molecule has 1 heterocycles. The van der Waals surface area contributed by atoms with Crippen LogP contribution in [-0.2, 0) is 6.42 Å². The van der Waals surface area contributed by atoms with Crippen LogP contribution in [0.1, 0.15) is 20.9 Å². The molecule has 0 bridgehead atoms. The maximum atomic E-state index is 12.3. The summed E-state index contributed by atoms with van der Waals surface area (Å²) < 4.78 is 0. The number of nitrogens with one attached hydrogen (secondary N) is 1. The number of amides is 1. The number of aromatic nitrogens is 2. The van der Waals surface area contributed by atoms with Gasteiger partial charge in [0.2, 0.25) is 5.13 Å². The van der Waals surface area contributed by atoms with Crippen LogP contribution in [0.15, 0.2) is 47.4 Å². The molecule has 0 saturated heterocycles. The molecule has 25 heavy (non-hydrogen) atoms. The highest BCUT2D eigenvalue weighted by Gasteiger charge is 2.13. The van der Waals surface area contributed by atoms with Gasteiger partial charge in [-0.25, -0.2) is 0 Å². The van der Waals surface area contributed by atoms with Gasteiger partial charge in [-0.15, -0.1) is 22.0 Å². The Morgan fingerprint density at radius 1 is 1.12 bits per heavy atom. The van der Waals surface area contributed by atoms with Gasteiger partial charge in [-0.2, -0.15) is 0 Å². The number of halogens is 2. The van der Waals surface area contributed by atoms with Gasteiger partial charge in [-0.05, 0) is 48.2 Å². The van der Waals surface area contributed by atoms with Crippen LogP contribution in [0.5, 0.6) is 0 Å². The van der Waals surface area contributed by atoms with Crippen molar-refractivity contribution in [3.05, 3.63) is 68.6 Å². The number of anilines is 1. The number of carbonyl (C=O) groups is 1. The second-order valence-corrected chi connectivity index (χ2v) is 7.82. The lowest BCUT2D eigenvalue weighted by atomic mass is 10.1. The van der Waals surface area contributed by atoms with Gasteiger partial charge in [0.1, 0.15) is 5.01 Å². The number of nitrogens with zero attached hydrogens (tertiary/aromatic N) is 2. The van der Waals surface area contributed by atoms with Gasteiger partial charge in [-0.3, -0.25) is 10.1 Å². The van der Waals surface area contributed by atoms with Crippen molar-refractivity contribution in [3.63, 3.8) is 0 Å². The molecule has 8 heteroatoms. The van der Waals surface area contributed by atoms with Gasteiger partial charge in [0.05, 0.1) is 0 Å². The lowest BCUT2D eigenvalue weighted by molar-refractivity contribution is 0.102. The van der Waals surface area contributed by atoms with Crippen LogP contribution in [0.3, 0.4) is 0 Å². The van der Waals surface area contributed by atoms with E-state index < -0.39 is 0 Å². The summed E-state index contributed by atoms with van der Waals surface area (Å²) in [6.45, 7) is 0. The SMILES string of the molecule is CSc1ccc(C(=O)Nc2nnc(Cc3c(Cl)cccc3Cl)s2)cc1. The largest absolute Gasteiger partial charge is 0.296 e. The van der Waals surface area contributed by atoms with Crippen molar-refractivity contribution < 1.29 is 4.79 Å². The van der Waals surface area contributed by atoms with Crippen LogP contribution in [0.2, 0.25) is 10.0 Å². The van der Waals surface area contributed by atoms with E-state index in [4.69, 9.17) is 23.2 Å². The molecule has 1 amide bonds. The minimum atomic E-state index is -0.217. The third kappa shape index (κ3) is 4.52. The fraction of sp³-hybridized carbons (Fsp3) is 0.118. The Kier molecular flexibility index (Phi) is 5.96. The van der Waals surface area contributed by atoms with E-state index in [1.807, 2.05) is 18.4 Å². The van der Waals surface area contributed by atoms with Crippen LogP contribution in [0, 0.1) is 0 Å². The lowest BCUT2D eigenvalue weighted by Gasteiger charge is -2.03. The normalized spacial score (nSPS) is 10.7. The maximum absolute atomic E-state index is 12.3. The zero-order valence-electron chi connectivity index (χ0n) is 13.1. The Morgan fingerprint density at radius 2 is 1.80 bits per heavy atom. The number of carbonyl (C=O) groups excluding carboxylic acids is 1. The van der Waals surface area contributed by atoms with Crippen molar-refractivity contribution in [3.8, 4) is 0 Å². The molecule has 4 nitrogen and oxygen atoms in total. The quantitative estimate of drug-likeness (QED) is 0.572. The molecule has 2 aromatic carbocycles. The summed E-state index contributed by atoms with van der Waals surface area (Å²) in [5.74, 6) is -0.217. The Bertz CT molecular complexity index is 877. The summed E-state index contributed by atoms with van der Waals surface area (Å²) in [6.07, 6.45) is 2.46. The molecule has 0 atom stereocenters. The third-order valence-corrected chi connectivity index (χ3v) is 5.72. The van der Waals surface area contributed by atoms with E-state index >= 15 is 0 Å². The van der Waals surface area contributed by atoms with Gasteiger partial charge in [0.25, 0.3) is 5.91 Å². The van der Waals surface area contributed by atoms with E-state index in [1.54, 1.807) is 42.1 Å². The number of benzene rings is 2. The molecule has 0 aliphatic heterocycles. The van der Waals surface area contributed by atoms with Crippen molar-refractivity contribution in [1.82, 2.24) is 10.2 Å². The second kappa shape index (κ2) is 8.19. The van der Waals surface area contributed by atoms with Crippen molar-refractivity contribution >= 4 is 57.3 Å². The Morgan fingerprint density at radius 3 is 2.44 bits per heavy atom. The molecule has 0 spiro atoms. The molecule has 1 aromatic heterocycles. The van der Waals surface area contributed by atoms with Gasteiger partial charge < -0.3 is 0 Å². The number of thioether (sulfide) groups is 1.